The fourth-order valence-electron chi connectivity index (χ4n) is 4.95. The van der Waals surface area contributed by atoms with E-state index in [1.54, 1.807) is 36.1 Å². The number of carbonyl (C=O) groups excluding carboxylic acids is 2. The molecule has 1 N–H and O–H groups in total. The maximum Gasteiger partial charge on any atom is 0.243 e. The first-order valence-corrected chi connectivity index (χ1v) is 15.7. The lowest BCUT2D eigenvalue weighted by Gasteiger charge is -2.32. The first-order valence-electron chi connectivity index (χ1n) is 13.1. The second kappa shape index (κ2) is 13.7. The van der Waals surface area contributed by atoms with E-state index in [0.29, 0.717) is 27.7 Å². The van der Waals surface area contributed by atoms with Crippen LogP contribution in [0.4, 0.5) is 5.69 Å². The van der Waals surface area contributed by atoms with Crippen molar-refractivity contribution >= 4 is 50.7 Å². The zero-order chi connectivity index (χ0) is 27.9. The van der Waals surface area contributed by atoms with Crippen LogP contribution in [0.2, 0.25) is 10.0 Å². The Morgan fingerprint density at radius 2 is 1.71 bits per heavy atom. The molecule has 2 aromatic carbocycles. The van der Waals surface area contributed by atoms with E-state index < -0.39 is 16.1 Å². The smallest absolute Gasteiger partial charge is 0.243 e. The van der Waals surface area contributed by atoms with Crippen molar-refractivity contribution in [2.75, 3.05) is 17.1 Å². The third kappa shape index (κ3) is 7.87. The summed E-state index contributed by atoms with van der Waals surface area (Å²) in [5, 5.41) is 4.12. The summed E-state index contributed by atoms with van der Waals surface area (Å²) in [4.78, 5) is 28.5. The standard InChI is InChI=1S/C28H37Cl2N3O4S/c1-4-25(28(35)31-22-12-6-7-13-22)32(19-21-11-5-8-14-24(21)30)27(34)17-10-18-33(38(3,36)37)26-16-9-15-23(29)20(26)2/h5,8-9,11,14-16,22,25H,4,6-7,10,12-13,17-19H2,1-3H3,(H,31,35). The van der Waals surface area contributed by atoms with Crippen molar-refractivity contribution < 1.29 is 18.0 Å². The van der Waals surface area contributed by atoms with E-state index in [9.17, 15) is 18.0 Å². The van der Waals surface area contributed by atoms with Crippen molar-refractivity contribution in [2.24, 2.45) is 0 Å². The van der Waals surface area contributed by atoms with Gasteiger partial charge in [-0.25, -0.2) is 8.42 Å². The van der Waals surface area contributed by atoms with Crippen LogP contribution in [0.25, 0.3) is 0 Å². The van der Waals surface area contributed by atoms with Crippen LogP contribution in [-0.2, 0) is 26.2 Å². The molecule has 1 fully saturated rings. The molecule has 1 aliphatic carbocycles. The number of rotatable bonds is 12. The molecule has 2 amide bonds. The van der Waals surface area contributed by atoms with Crippen LogP contribution < -0.4 is 9.62 Å². The summed E-state index contributed by atoms with van der Waals surface area (Å²) in [7, 11) is -3.61. The fourth-order valence-corrected chi connectivity index (χ4v) is 6.33. The minimum atomic E-state index is -3.61. The van der Waals surface area contributed by atoms with Crippen molar-refractivity contribution in [3.8, 4) is 0 Å². The van der Waals surface area contributed by atoms with E-state index in [1.165, 1.54) is 4.31 Å². The molecule has 1 aliphatic rings. The summed E-state index contributed by atoms with van der Waals surface area (Å²) < 4.78 is 26.5. The van der Waals surface area contributed by atoms with E-state index >= 15 is 0 Å². The van der Waals surface area contributed by atoms with Gasteiger partial charge in [0.05, 0.1) is 11.9 Å². The van der Waals surface area contributed by atoms with Gasteiger partial charge in [0.2, 0.25) is 21.8 Å². The number of hydrogen-bond acceptors (Lipinski definition) is 4. The number of nitrogens with zero attached hydrogens (tertiary/aromatic N) is 2. The first kappa shape index (κ1) is 30.3. The van der Waals surface area contributed by atoms with Gasteiger partial charge >= 0.3 is 0 Å². The lowest BCUT2D eigenvalue weighted by molar-refractivity contribution is -0.141. The highest BCUT2D eigenvalue weighted by atomic mass is 35.5. The van der Waals surface area contributed by atoms with Crippen LogP contribution in [0.5, 0.6) is 0 Å². The molecule has 0 spiro atoms. The van der Waals surface area contributed by atoms with E-state index in [2.05, 4.69) is 5.32 Å². The van der Waals surface area contributed by atoms with Crippen molar-refractivity contribution in [3.63, 3.8) is 0 Å². The molecule has 0 heterocycles. The third-order valence-corrected chi connectivity index (χ3v) is 9.00. The molecule has 0 aliphatic heterocycles. The largest absolute Gasteiger partial charge is 0.352 e. The topological polar surface area (TPSA) is 86.8 Å². The number of carbonyl (C=O) groups is 2. The highest BCUT2D eigenvalue weighted by Crippen LogP contribution is 2.29. The third-order valence-electron chi connectivity index (χ3n) is 7.05. The molecule has 10 heteroatoms. The Hall–Kier alpha value is -2.29. The molecule has 1 atom stereocenters. The maximum atomic E-state index is 13.6. The molecule has 3 rings (SSSR count). The summed E-state index contributed by atoms with van der Waals surface area (Å²) in [6.07, 6.45) is 6.02. The molecule has 7 nitrogen and oxygen atoms in total. The number of hydrogen-bond donors (Lipinski definition) is 1. The Labute approximate surface area is 236 Å². The van der Waals surface area contributed by atoms with Crippen LogP contribution >= 0.6 is 23.2 Å². The minimum Gasteiger partial charge on any atom is -0.352 e. The molecular formula is C28H37Cl2N3O4S. The average molecular weight is 583 g/mol. The number of benzene rings is 2. The highest BCUT2D eigenvalue weighted by molar-refractivity contribution is 7.92. The van der Waals surface area contributed by atoms with Crippen LogP contribution in [0, 0.1) is 6.92 Å². The number of nitrogens with one attached hydrogen (secondary N) is 1. The van der Waals surface area contributed by atoms with Crippen molar-refractivity contribution in [1.82, 2.24) is 10.2 Å². The van der Waals surface area contributed by atoms with Gasteiger partial charge in [-0.1, -0.05) is 67.2 Å². The fraction of sp³-hybridized carbons (Fsp3) is 0.500. The van der Waals surface area contributed by atoms with E-state index in [-0.39, 0.29) is 43.8 Å². The summed E-state index contributed by atoms with van der Waals surface area (Å²) in [5.74, 6) is -0.387. The van der Waals surface area contributed by atoms with Crippen LogP contribution in [0.1, 0.15) is 63.0 Å². The Morgan fingerprint density at radius 1 is 1.05 bits per heavy atom. The van der Waals surface area contributed by atoms with E-state index in [1.807, 2.05) is 25.1 Å². The quantitative estimate of drug-likeness (QED) is 0.347. The normalized spacial score (nSPS) is 14.8. The lowest BCUT2D eigenvalue weighted by Crippen LogP contribution is -2.51. The summed E-state index contributed by atoms with van der Waals surface area (Å²) in [6.45, 7) is 3.95. The molecule has 0 aromatic heterocycles. The monoisotopic (exact) mass is 581 g/mol. The Morgan fingerprint density at radius 3 is 2.34 bits per heavy atom. The molecule has 0 radical (unpaired) electrons. The van der Waals surface area contributed by atoms with Gasteiger partial charge in [-0.2, -0.15) is 0 Å². The Bertz CT molecular complexity index is 1230. The molecule has 1 saturated carbocycles. The zero-order valence-corrected chi connectivity index (χ0v) is 24.6. The summed E-state index contributed by atoms with van der Waals surface area (Å²) >= 11 is 12.6. The SMILES string of the molecule is CCC(C(=O)NC1CCCC1)N(Cc1ccccc1Cl)C(=O)CCCN(c1cccc(Cl)c1C)S(C)(=O)=O. The van der Waals surface area contributed by atoms with Crippen LogP contribution in [0.15, 0.2) is 42.5 Å². The second-order valence-corrected chi connectivity index (χ2v) is 12.6. The highest BCUT2D eigenvalue weighted by Gasteiger charge is 2.31. The van der Waals surface area contributed by atoms with Crippen LogP contribution in [0.3, 0.4) is 0 Å². The summed E-state index contributed by atoms with van der Waals surface area (Å²) in [6, 6.07) is 11.9. The molecule has 1 unspecified atom stereocenters. The molecule has 2 aromatic rings. The van der Waals surface area contributed by atoms with Gasteiger partial charge in [-0.05, 0) is 61.9 Å². The van der Waals surface area contributed by atoms with E-state index in [0.717, 1.165) is 37.5 Å². The van der Waals surface area contributed by atoms with Crippen molar-refractivity contribution in [1.29, 1.82) is 0 Å². The van der Waals surface area contributed by atoms with Crippen LogP contribution in [-0.4, -0.2) is 50.0 Å². The predicted octanol–water partition coefficient (Wildman–Crippen LogP) is 5.71. The van der Waals surface area contributed by atoms with Gasteiger partial charge in [-0.3, -0.25) is 13.9 Å². The molecule has 38 heavy (non-hydrogen) atoms. The molecular weight excluding hydrogens is 545 g/mol. The summed E-state index contributed by atoms with van der Waals surface area (Å²) in [5.41, 5.74) is 1.89. The van der Waals surface area contributed by atoms with Gasteiger partial charge in [0.15, 0.2) is 0 Å². The van der Waals surface area contributed by atoms with Gasteiger partial charge in [0, 0.05) is 35.6 Å². The molecule has 208 valence electrons. The first-order chi connectivity index (χ1) is 18.0. The Balaban J connectivity index is 1.79. The number of anilines is 1. The molecule has 0 saturated heterocycles. The van der Waals surface area contributed by atoms with Gasteiger partial charge in [0.1, 0.15) is 6.04 Å². The number of sulfonamides is 1. The van der Waals surface area contributed by atoms with Gasteiger partial charge < -0.3 is 10.2 Å². The molecule has 0 bridgehead atoms. The second-order valence-electron chi connectivity index (χ2n) is 9.85. The maximum absolute atomic E-state index is 13.6. The Kier molecular flexibility index (Phi) is 10.9. The van der Waals surface area contributed by atoms with Crippen molar-refractivity contribution in [2.45, 2.75) is 77.4 Å². The van der Waals surface area contributed by atoms with Gasteiger partial charge in [0.25, 0.3) is 0 Å². The average Bonchev–Trinajstić information content (AvgIpc) is 3.37. The number of amides is 2. The van der Waals surface area contributed by atoms with Gasteiger partial charge in [-0.15, -0.1) is 0 Å². The minimum absolute atomic E-state index is 0.0727. The van der Waals surface area contributed by atoms with Crippen molar-refractivity contribution in [3.05, 3.63) is 63.6 Å². The lowest BCUT2D eigenvalue weighted by atomic mass is 10.1. The van der Waals surface area contributed by atoms with E-state index in [4.69, 9.17) is 23.2 Å². The number of halogens is 2. The predicted molar refractivity (Wildman–Crippen MR) is 154 cm³/mol. The zero-order valence-electron chi connectivity index (χ0n) is 22.3.